The van der Waals surface area contributed by atoms with Crippen LogP contribution < -0.4 is 5.32 Å². The van der Waals surface area contributed by atoms with Gasteiger partial charge in [0.25, 0.3) is 5.91 Å². The first kappa shape index (κ1) is 24.9. The Balaban J connectivity index is 0.969. The largest absolute Gasteiger partial charge is 0.349 e. The molecule has 6 rings (SSSR count). The lowest BCUT2D eigenvalue weighted by atomic mass is 9.68. The Morgan fingerprint density at radius 1 is 1.22 bits per heavy atom. The second-order valence-electron chi connectivity index (χ2n) is 11.7. The molecule has 6 nitrogen and oxygen atoms in total. The number of amides is 1. The maximum Gasteiger partial charge on any atom is 0.252 e. The first-order chi connectivity index (χ1) is 17.7. The first-order valence-electron chi connectivity index (χ1n) is 13.5. The number of carbonyl (C=O) groups is 1. The van der Waals surface area contributed by atoms with Gasteiger partial charge >= 0.3 is 0 Å². The minimum Gasteiger partial charge on any atom is -0.349 e. The summed E-state index contributed by atoms with van der Waals surface area (Å²) in [5, 5.41) is 9.48. The Labute approximate surface area is 220 Å². The van der Waals surface area contributed by atoms with Crippen molar-refractivity contribution in [1.82, 2.24) is 25.0 Å². The van der Waals surface area contributed by atoms with Gasteiger partial charge < -0.3 is 5.32 Å². The van der Waals surface area contributed by atoms with E-state index in [1.54, 1.807) is 16.0 Å². The van der Waals surface area contributed by atoms with E-state index in [0.717, 1.165) is 79.8 Å². The van der Waals surface area contributed by atoms with Crippen molar-refractivity contribution in [3.8, 4) is 0 Å². The molecule has 3 aromatic rings. The van der Waals surface area contributed by atoms with Crippen molar-refractivity contribution in [2.45, 2.75) is 82.2 Å². The highest BCUT2D eigenvalue weighted by Gasteiger charge is 2.56. The highest BCUT2D eigenvalue weighted by atomic mass is 32.1. The fraction of sp³-hybridized carbons (Fsp3) is 0.607. The molecular weight excluding hydrogens is 492 g/mol. The number of fused-ring (bicyclic) bond motifs is 2. The number of hydrogen-bond acceptors (Lipinski definition) is 5. The van der Waals surface area contributed by atoms with E-state index in [4.69, 9.17) is 4.98 Å². The van der Waals surface area contributed by atoms with Crippen molar-refractivity contribution in [2.75, 3.05) is 13.1 Å². The van der Waals surface area contributed by atoms with E-state index < -0.39 is 11.3 Å². The summed E-state index contributed by atoms with van der Waals surface area (Å²) in [7, 11) is 1.87. The molecule has 198 valence electrons. The number of carbonyl (C=O) groups excluding carboxylic acids is 1. The van der Waals surface area contributed by atoms with Crippen LogP contribution in [0.2, 0.25) is 0 Å². The third-order valence-electron chi connectivity index (χ3n) is 8.57. The molecule has 2 aromatic heterocycles. The molecular formula is C28H35F2N5OS. The standard InChI is InChI=1S/C28H35F2N5OS/c1-27(16-28(29,30)17-27)26-32-23-15-35(13-11-24(23)37-26)12-10-18-6-8-19(9-7-18)31-25(36)20-4-3-5-22-21(20)14-34(2)33-22/h3-5,14,18-19H,6-13,15-17H2,1-2H3,(H,31,36). The highest BCUT2D eigenvalue weighted by molar-refractivity contribution is 7.12. The molecule has 3 aliphatic rings. The average Bonchev–Trinajstić information content (AvgIpc) is 3.44. The van der Waals surface area contributed by atoms with Crippen LogP contribution in [0.1, 0.15) is 77.8 Å². The lowest BCUT2D eigenvalue weighted by Crippen LogP contribution is -2.47. The molecule has 0 unspecified atom stereocenters. The van der Waals surface area contributed by atoms with Gasteiger partial charge in [-0.1, -0.05) is 13.0 Å². The molecule has 0 spiro atoms. The summed E-state index contributed by atoms with van der Waals surface area (Å²) in [6.45, 7) is 4.84. The molecule has 0 atom stereocenters. The third-order valence-corrected chi connectivity index (χ3v) is 10.0. The van der Waals surface area contributed by atoms with Crippen LogP contribution in [0.3, 0.4) is 0 Å². The molecule has 9 heteroatoms. The van der Waals surface area contributed by atoms with E-state index in [9.17, 15) is 13.6 Å². The predicted octanol–water partition coefficient (Wildman–Crippen LogP) is 5.45. The molecule has 0 radical (unpaired) electrons. The van der Waals surface area contributed by atoms with Gasteiger partial charge in [-0.25, -0.2) is 13.8 Å². The van der Waals surface area contributed by atoms with Gasteiger partial charge in [0.1, 0.15) is 0 Å². The first-order valence-corrected chi connectivity index (χ1v) is 14.3. The van der Waals surface area contributed by atoms with E-state index in [1.807, 2.05) is 38.4 Å². The number of aromatic nitrogens is 3. The van der Waals surface area contributed by atoms with E-state index in [-0.39, 0.29) is 24.8 Å². The van der Waals surface area contributed by atoms with Crippen molar-refractivity contribution < 1.29 is 13.6 Å². The predicted molar refractivity (Wildman–Crippen MR) is 141 cm³/mol. The van der Waals surface area contributed by atoms with Gasteiger partial charge in [0, 0.05) is 60.9 Å². The van der Waals surface area contributed by atoms with E-state index in [0.29, 0.717) is 11.5 Å². The number of rotatable bonds is 6. The van der Waals surface area contributed by atoms with Crippen LogP contribution in [0.15, 0.2) is 24.4 Å². The van der Waals surface area contributed by atoms with Crippen molar-refractivity contribution in [2.24, 2.45) is 13.0 Å². The summed E-state index contributed by atoms with van der Waals surface area (Å²) in [5.41, 5.74) is 2.20. The van der Waals surface area contributed by atoms with Crippen LogP contribution >= 0.6 is 11.3 Å². The van der Waals surface area contributed by atoms with Crippen molar-refractivity contribution in [3.05, 3.63) is 45.5 Å². The van der Waals surface area contributed by atoms with Crippen molar-refractivity contribution in [1.29, 1.82) is 0 Å². The van der Waals surface area contributed by atoms with Crippen LogP contribution in [0, 0.1) is 5.92 Å². The van der Waals surface area contributed by atoms with E-state index >= 15 is 0 Å². The van der Waals surface area contributed by atoms with Gasteiger partial charge in [0.05, 0.1) is 21.8 Å². The van der Waals surface area contributed by atoms with E-state index in [2.05, 4.69) is 15.3 Å². The van der Waals surface area contributed by atoms with Gasteiger partial charge in [0.2, 0.25) is 5.92 Å². The van der Waals surface area contributed by atoms with Crippen LogP contribution in [0.5, 0.6) is 0 Å². The fourth-order valence-electron chi connectivity index (χ4n) is 6.53. The third kappa shape index (κ3) is 5.04. The van der Waals surface area contributed by atoms with Crippen LogP contribution in [0.25, 0.3) is 10.9 Å². The molecule has 1 aliphatic heterocycles. The number of thiazole rings is 1. The number of hydrogen-bond donors (Lipinski definition) is 1. The van der Waals surface area contributed by atoms with Gasteiger partial charge in [-0.15, -0.1) is 11.3 Å². The molecule has 2 saturated carbocycles. The summed E-state index contributed by atoms with van der Waals surface area (Å²) in [6, 6.07) is 5.93. The maximum atomic E-state index is 13.5. The lowest BCUT2D eigenvalue weighted by Gasteiger charge is -2.43. The average molecular weight is 528 g/mol. The SMILES string of the molecule is Cn1cc2c(C(=O)NC3CCC(CCN4CCc5sc(C6(C)CC(F)(F)C6)nc5C4)CC3)cccc2n1. The van der Waals surface area contributed by atoms with Gasteiger partial charge in [-0.3, -0.25) is 14.4 Å². The number of benzene rings is 1. The number of nitrogens with zero attached hydrogens (tertiary/aromatic N) is 4. The Kier molecular flexibility index (Phi) is 6.34. The van der Waals surface area contributed by atoms with Crippen LogP contribution in [-0.4, -0.2) is 50.6 Å². The van der Waals surface area contributed by atoms with Gasteiger partial charge in [-0.2, -0.15) is 5.10 Å². The zero-order chi connectivity index (χ0) is 25.8. The number of halogens is 2. The zero-order valence-electron chi connectivity index (χ0n) is 21.6. The minimum atomic E-state index is -2.53. The minimum absolute atomic E-state index is 0.00622. The van der Waals surface area contributed by atoms with Crippen molar-refractivity contribution >= 4 is 28.1 Å². The lowest BCUT2D eigenvalue weighted by molar-refractivity contribution is -0.121. The van der Waals surface area contributed by atoms with Crippen LogP contribution in [0.4, 0.5) is 8.78 Å². The molecule has 1 N–H and O–H groups in total. The van der Waals surface area contributed by atoms with Crippen molar-refractivity contribution in [3.63, 3.8) is 0 Å². The fourth-order valence-corrected chi connectivity index (χ4v) is 7.73. The summed E-state index contributed by atoms with van der Waals surface area (Å²) in [6.07, 6.45) is 8.20. The second-order valence-corrected chi connectivity index (χ2v) is 12.8. The van der Waals surface area contributed by atoms with E-state index in [1.165, 1.54) is 4.88 Å². The maximum absolute atomic E-state index is 13.5. The van der Waals surface area contributed by atoms with Gasteiger partial charge in [0.15, 0.2) is 0 Å². The molecule has 37 heavy (non-hydrogen) atoms. The highest BCUT2D eigenvalue weighted by Crippen LogP contribution is 2.54. The smallest absolute Gasteiger partial charge is 0.252 e. The molecule has 1 amide bonds. The number of nitrogens with one attached hydrogen (secondary N) is 1. The monoisotopic (exact) mass is 527 g/mol. The summed E-state index contributed by atoms with van der Waals surface area (Å²) < 4.78 is 28.8. The second kappa shape index (κ2) is 9.42. The normalized spacial score (nSPS) is 25.0. The number of alkyl halides is 2. The Morgan fingerprint density at radius 2 is 2.00 bits per heavy atom. The molecule has 2 aliphatic carbocycles. The summed E-state index contributed by atoms with van der Waals surface area (Å²) in [5.74, 6) is -1.85. The molecule has 1 aromatic carbocycles. The molecule has 3 heterocycles. The zero-order valence-corrected chi connectivity index (χ0v) is 22.4. The molecule has 2 fully saturated rings. The van der Waals surface area contributed by atoms with Crippen LogP contribution in [-0.2, 0) is 25.4 Å². The quantitative estimate of drug-likeness (QED) is 0.463. The number of aryl methyl sites for hydroxylation is 1. The Bertz CT molecular complexity index is 1300. The summed E-state index contributed by atoms with van der Waals surface area (Å²) >= 11 is 1.66. The Hall–Kier alpha value is -2.39. The topological polar surface area (TPSA) is 63.1 Å². The molecule has 0 bridgehead atoms. The van der Waals surface area contributed by atoms with Gasteiger partial charge in [-0.05, 0) is 63.1 Å². The molecule has 0 saturated heterocycles. The Morgan fingerprint density at radius 3 is 2.76 bits per heavy atom. The summed E-state index contributed by atoms with van der Waals surface area (Å²) in [4.78, 5) is 21.6.